The Kier molecular flexibility index (Phi) is 5.32. The van der Waals surface area contributed by atoms with Gasteiger partial charge in [0.25, 0.3) is 0 Å². The van der Waals surface area contributed by atoms with E-state index in [0.29, 0.717) is 13.0 Å². The molecule has 0 radical (unpaired) electrons. The number of halogens is 1. The highest BCUT2D eigenvalue weighted by atomic mass is 35.5. The van der Waals surface area contributed by atoms with Crippen LogP contribution in [0.1, 0.15) is 26.3 Å². The Labute approximate surface area is 118 Å². The molecule has 0 aliphatic rings. The number of nitrogens with two attached hydrogens (primary N) is 1. The van der Waals surface area contributed by atoms with Gasteiger partial charge in [0.1, 0.15) is 0 Å². The number of rotatable bonds is 4. The number of carbonyl (C=O) groups is 1. The molecular weight excluding hydrogens is 264 g/mol. The first-order valence-electron chi connectivity index (χ1n) is 6.09. The first kappa shape index (κ1) is 15.5. The second kappa shape index (κ2) is 6.54. The van der Waals surface area contributed by atoms with Crippen LogP contribution in [0.4, 0.5) is 5.69 Å². The quantitative estimate of drug-likeness (QED) is 0.904. The molecule has 1 aromatic carbocycles. The smallest absolute Gasteiger partial charge is 0.225 e. The van der Waals surface area contributed by atoms with E-state index in [4.69, 9.17) is 5.73 Å². The predicted molar refractivity (Wildman–Crippen MR) is 79.7 cm³/mol. The van der Waals surface area contributed by atoms with Crippen molar-refractivity contribution >= 4 is 34.9 Å². The number of hydrogen-bond acceptors (Lipinski definition) is 3. The lowest BCUT2D eigenvalue weighted by Gasteiger charge is -2.09. The molecule has 0 spiro atoms. The number of nitrogens with one attached hydrogen (secondary N) is 1. The molecule has 2 rings (SSSR count). The number of anilines is 1. The van der Waals surface area contributed by atoms with Gasteiger partial charge in [0.15, 0.2) is 0 Å². The molecule has 5 nitrogen and oxygen atoms in total. The molecule has 1 amide bonds. The van der Waals surface area contributed by atoms with Crippen molar-refractivity contribution in [2.75, 3.05) is 11.9 Å². The van der Waals surface area contributed by atoms with Crippen LogP contribution in [0.15, 0.2) is 24.4 Å². The number of fused-ring (bicyclic) bond motifs is 1. The first-order chi connectivity index (χ1) is 8.61. The van der Waals surface area contributed by atoms with Crippen LogP contribution < -0.4 is 11.1 Å². The summed E-state index contributed by atoms with van der Waals surface area (Å²) in [5.41, 5.74) is 7.15. The van der Waals surface area contributed by atoms with Gasteiger partial charge in [0.05, 0.1) is 11.7 Å². The lowest BCUT2D eigenvalue weighted by Crippen LogP contribution is -2.16. The minimum absolute atomic E-state index is 0. The van der Waals surface area contributed by atoms with E-state index in [1.807, 2.05) is 29.1 Å². The number of hydrogen-bond donors (Lipinski definition) is 2. The molecule has 0 saturated heterocycles. The zero-order valence-corrected chi connectivity index (χ0v) is 11.9. The van der Waals surface area contributed by atoms with Gasteiger partial charge in [-0.25, -0.2) is 0 Å². The maximum atomic E-state index is 11.5. The lowest BCUT2D eigenvalue weighted by molar-refractivity contribution is -0.116. The molecule has 6 heteroatoms. The highest BCUT2D eigenvalue weighted by Gasteiger charge is 2.07. The van der Waals surface area contributed by atoms with Crippen LogP contribution >= 0.6 is 12.4 Å². The molecule has 0 fully saturated rings. The van der Waals surface area contributed by atoms with Crippen molar-refractivity contribution in [3.8, 4) is 0 Å². The summed E-state index contributed by atoms with van der Waals surface area (Å²) in [5.74, 6) is -0.0625. The zero-order valence-electron chi connectivity index (χ0n) is 11.1. The van der Waals surface area contributed by atoms with Gasteiger partial charge in [-0.15, -0.1) is 12.4 Å². The Morgan fingerprint density at radius 1 is 1.47 bits per heavy atom. The molecular formula is C13H19ClN4O. The summed E-state index contributed by atoms with van der Waals surface area (Å²) in [6, 6.07) is 6.07. The fourth-order valence-electron chi connectivity index (χ4n) is 1.88. The van der Waals surface area contributed by atoms with Crippen LogP contribution in [0.5, 0.6) is 0 Å². The summed E-state index contributed by atoms with van der Waals surface area (Å²) < 4.78 is 1.94. The van der Waals surface area contributed by atoms with Crippen LogP contribution in [0.3, 0.4) is 0 Å². The van der Waals surface area contributed by atoms with Crippen molar-refractivity contribution in [2.45, 2.75) is 26.3 Å². The molecule has 0 aliphatic heterocycles. The topological polar surface area (TPSA) is 72.9 Å². The van der Waals surface area contributed by atoms with Gasteiger partial charge in [0, 0.05) is 30.1 Å². The highest BCUT2D eigenvalue weighted by molar-refractivity contribution is 5.93. The minimum atomic E-state index is -0.0625. The van der Waals surface area contributed by atoms with Crippen LogP contribution in [0, 0.1) is 0 Å². The molecule has 1 aromatic heterocycles. The molecule has 0 bridgehead atoms. The number of benzene rings is 1. The van der Waals surface area contributed by atoms with E-state index < -0.39 is 0 Å². The molecule has 0 aliphatic carbocycles. The van der Waals surface area contributed by atoms with Gasteiger partial charge in [-0.1, -0.05) is 0 Å². The van der Waals surface area contributed by atoms with E-state index in [0.717, 1.165) is 16.6 Å². The fourth-order valence-corrected chi connectivity index (χ4v) is 1.88. The van der Waals surface area contributed by atoms with Crippen molar-refractivity contribution in [3.63, 3.8) is 0 Å². The van der Waals surface area contributed by atoms with Gasteiger partial charge in [-0.05, 0) is 32.0 Å². The minimum Gasteiger partial charge on any atom is -0.330 e. The summed E-state index contributed by atoms with van der Waals surface area (Å²) in [6.07, 6.45) is 2.17. The average Bonchev–Trinajstić information content (AvgIpc) is 2.72. The summed E-state index contributed by atoms with van der Waals surface area (Å²) in [6.45, 7) is 4.51. The molecule has 19 heavy (non-hydrogen) atoms. The van der Waals surface area contributed by atoms with E-state index >= 15 is 0 Å². The second-order valence-corrected chi connectivity index (χ2v) is 4.54. The van der Waals surface area contributed by atoms with Gasteiger partial charge < -0.3 is 11.1 Å². The molecule has 1 heterocycles. The van der Waals surface area contributed by atoms with Crippen LogP contribution in [-0.2, 0) is 4.79 Å². The number of carbonyl (C=O) groups excluding carboxylic acids is 1. The maximum Gasteiger partial charge on any atom is 0.225 e. The third-order valence-corrected chi connectivity index (χ3v) is 2.74. The number of nitrogens with zero attached hydrogens (tertiary/aromatic N) is 2. The monoisotopic (exact) mass is 282 g/mol. The normalized spacial score (nSPS) is 10.5. The van der Waals surface area contributed by atoms with Gasteiger partial charge >= 0.3 is 0 Å². The van der Waals surface area contributed by atoms with Crippen molar-refractivity contribution in [2.24, 2.45) is 5.73 Å². The Hall–Kier alpha value is -1.59. The zero-order chi connectivity index (χ0) is 13.1. The van der Waals surface area contributed by atoms with Crippen LogP contribution in [-0.4, -0.2) is 22.2 Å². The predicted octanol–water partition coefficient (Wildman–Crippen LogP) is 2.33. The summed E-state index contributed by atoms with van der Waals surface area (Å²) >= 11 is 0. The van der Waals surface area contributed by atoms with E-state index in [-0.39, 0.29) is 24.4 Å². The number of aromatic nitrogens is 2. The Bertz CT molecular complexity index is 565. The van der Waals surface area contributed by atoms with Crippen molar-refractivity contribution in [1.82, 2.24) is 9.78 Å². The Morgan fingerprint density at radius 3 is 2.84 bits per heavy atom. The summed E-state index contributed by atoms with van der Waals surface area (Å²) in [4.78, 5) is 11.5. The summed E-state index contributed by atoms with van der Waals surface area (Å²) in [5, 5.41) is 8.24. The van der Waals surface area contributed by atoms with E-state index in [1.165, 1.54) is 0 Å². The third-order valence-electron chi connectivity index (χ3n) is 2.74. The maximum absolute atomic E-state index is 11.5. The van der Waals surface area contributed by atoms with Crippen molar-refractivity contribution in [3.05, 3.63) is 24.4 Å². The van der Waals surface area contributed by atoms with Gasteiger partial charge in [-0.3, -0.25) is 9.48 Å². The Balaban J connectivity index is 0.00000180. The largest absolute Gasteiger partial charge is 0.330 e. The molecule has 3 N–H and O–H groups in total. The van der Waals surface area contributed by atoms with Gasteiger partial charge in [-0.2, -0.15) is 5.10 Å². The molecule has 104 valence electrons. The van der Waals surface area contributed by atoms with E-state index in [9.17, 15) is 4.79 Å². The van der Waals surface area contributed by atoms with Crippen molar-refractivity contribution < 1.29 is 4.79 Å². The highest BCUT2D eigenvalue weighted by Crippen LogP contribution is 2.21. The van der Waals surface area contributed by atoms with Gasteiger partial charge in [0.2, 0.25) is 5.91 Å². The second-order valence-electron chi connectivity index (χ2n) is 4.54. The molecule has 0 unspecified atom stereocenters. The fraction of sp³-hybridized carbons (Fsp3) is 0.385. The first-order valence-corrected chi connectivity index (χ1v) is 6.09. The average molecular weight is 283 g/mol. The molecule has 0 saturated carbocycles. The van der Waals surface area contributed by atoms with Crippen LogP contribution in [0.2, 0.25) is 0 Å². The summed E-state index contributed by atoms with van der Waals surface area (Å²) in [7, 11) is 0. The molecule has 2 aromatic rings. The number of amides is 1. The Morgan fingerprint density at radius 2 is 2.21 bits per heavy atom. The standard InChI is InChI=1S/C13H18N4O.ClH/c1-9(2)17-12-7-11(16-13(18)5-6-14)4-3-10(12)8-15-17;/h3-4,7-9H,5-6,14H2,1-2H3,(H,16,18);1H. The van der Waals surface area contributed by atoms with E-state index in [2.05, 4.69) is 24.3 Å². The lowest BCUT2D eigenvalue weighted by atomic mass is 10.2. The van der Waals surface area contributed by atoms with Crippen molar-refractivity contribution in [1.29, 1.82) is 0 Å². The molecule has 0 atom stereocenters. The SMILES string of the molecule is CC(C)n1ncc2ccc(NC(=O)CCN)cc21.Cl. The van der Waals surface area contributed by atoms with E-state index in [1.54, 1.807) is 0 Å². The third kappa shape index (κ3) is 3.45. The van der Waals surface area contributed by atoms with Crippen LogP contribution in [0.25, 0.3) is 10.9 Å².